The molecule has 2 fully saturated rings. The van der Waals surface area contributed by atoms with Crippen molar-refractivity contribution in [3.63, 3.8) is 0 Å². The Balaban J connectivity index is 1.48. The van der Waals surface area contributed by atoms with Crippen LogP contribution >= 0.6 is 11.3 Å². The van der Waals surface area contributed by atoms with E-state index in [-0.39, 0.29) is 11.8 Å². The van der Waals surface area contributed by atoms with Gasteiger partial charge < -0.3 is 15.1 Å². The predicted molar refractivity (Wildman–Crippen MR) is 82.4 cm³/mol. The van der Waals surface area contributed by atoms with E-state index in [0.29, 0.717) is 38.6 Å². The summed E-state index contributed by atoms with van der Waals surface area (Å²) in [5.41, 5.74) is 0. The summed E-state index contributed by atoms with van der Waals surface area (Å²) in [6.45, 7) is 3.62. The van der Waals surface area contributed by atoms with Crippen LogP contribution in [0.15, 0.2) is 17.5 Å². The lowest BCUT2D eigenvalue weighted by atomic mass is 10.1. The second kappa shape index (κ2) is 6.58. The maximum atomic E-state index is 12.2. The smallest absolute Gasteiger partial charge is 0.264 e. The molecular formula is C15H21N3O2S. The van der Waals surface area contributed by atoms with Crippen molar-refractivity contribution in [3.05, 3.63) is 22.4 Å². The van der Waals surface area contributed by atoms with E-state index in [9.17, 15) is 9.59 Å². The number of nitrogens with zero attached hydrogens (tertiary/aromatic N) is 2. The molecule has 0 saturated carbocycles. The minimum absolute atomic E-state index is 0.0922. The van der Waals surface area contributed by atoms with Gasteiger partial charge in [-0.2, -0.15) is 0 Å². The summed E-state index contributed by atoms with van der Waals surface area (Å²) in [6, 6.07) is 4.10. The van der Waals surface area contributed by atoms with E-state index in [0.717, 1.165) is 17.8 Å². The highest BCUT2D eigenvalue weighted by atomic mass is 32.1. The highest BCUT2D eigenvalue weighted by Gasteiger charge is 2.27. The van der Waals surface area contributed by atoms with Crippen molar-refractivity contribution in [2.45, 2.75) is 25.3 Å². The molecule has 0 spiro atoms. The SMILES string of the molecule is O=C(CC1CCCN1)N1CCN(C(=O)c2cccs2)CC1. The molecule has 2 saturated heterocycles. The molecule has 2 aliphatic rings. The Morgan fingerprint density at radius 1 is 1.24 bits per heavy atom. The van der Waals surface area contributed by atoms with Crippen molar-refractivity contribution in [3.8, 4) is 0 Å². The molecule has 0 bridgehead atoms. The van der Waals surface area contributed by atoms with E-state index in [1.165, 1.54) is 17.8 Å². The Kier molecular flexibility index (Phi) is 4.55. The Labute approximate surface area is 128 Å². The first-order valence-electron chi connectivity index (χ1n) is 7.58. The number of piperazine rings is 1. The summed E-state index contributed by atoms with van der Waals surface area (Å²) in [5, 5.41) is 5.28. The van der Waals surface area contributed by atoms with Gasteiger partial charge in [-0.1, -0.05) is 6.07 Å². The predicted octanol–water partition coefficient (Wildman–Crippen LogP) is 1.17. The molecule has 6 heteroatoms. The van der Waals surface area contributed by atoms with E-state index >= 15 is 0 Å². The number of hydrogen-bond donors (Lipinski definition) is 1. The number of carbonyl (C=O) groups is 2. The van der Waals surface area contributed by atoms with Gasteiger partial charge in [-0.25, -0.2) is 0 Å². The van der Waals surface area contributed by atoms with Gasteiger partial charge in [0, 0.05) is 38.6 Å². The average molecular weight is 307 g/mol. The molecule has 1 atom stereocenters. The maximum absolute atomic E-state index is 12.2. The molecule has 3 rings (SSSR count). The molecule has 1 aromatic rings. The van der Waals surface area contributed by atoms with Gasteiger partial charge in [0.2, 0.25) is 5.91 Å². The first-order valence-corrected chi connectivity index (χ1v) is 8.46. The minimum Gasteiger partial charge on any atom is -0.339 e. The van der Waals surface area contributed by atoms with Crippen molar-refractivity contribution >= 4 is 23.2 Å². The quantitative estimate of drug-likeness (QED) is 0.912. The lowest BCUT2D eigenvalue weighted by molar-refractivity contribution is -0.133. The molecule has 1 N–H and O–H groups in total. The standard InChI is InChI=1S/C15H21N3O2S/c19-14(11-12-3-1-5-16-12)17-6-8-18(9-7-17)15(20)13-4-2-10-21-13/h2,4,10,12,16H,1,3,5-9,11H2. The molecule has 3 heterocycles. The zero-order chi connectivity index (χ0) is 14.7. The summed E-state index contributed by atoms with van der Waals surface area (Å²) >= 11 is 1.47. The molecule has 0 aliphatic carbocycles. The first-order chi connectivity index (χ1) is 10.2. The molecule has 1 unspecified atom stereocenters. The van der Waals surface area contributed by atoms with Gasteiger partial charge in [-0.15, -0.1) is 11.3 Å². The van der Waals surface area contributed by atoms with Crippen LogP contribution in [0.25, 0.3) is 0 Å². The normalized spacial score (nSPS) is 22.6. The molecule has 0 radical (unpaired) electrons. The molecule has 5 nitrogen and oxygen atoms in total. The number of rotatable bonds is 3. The zero-order valence-electron chi connectivity index (χ0n) is 12.1. The van der Waals surface area contributed by atoms with Crippen molar-refractivity contribution in [2.24, 2.45) is 0 Å². The van der Waals surface area contributed by atoms with E-state index in [4.69, 9.17) is 0 Å². The van der Waals surface area contributed by atoms with Gasteiger partial charge in [0.25, 0.3) is 5.91 Å². The van der Waals surface area contributed by atoms with Crippen LogP contribution < -0.4 is 5.32 Å². The Morgan fingerprint density at radius 3 is 2.62 bits per heavy atom. The van der Waals surface area contributed by atoms with E-state index in [1.807, 2.05) is 27.3 Å². The molecule has 1 aromatic heterocycles. The third-order valence-electron chi connectivity index (χ3n) is 4.23. The fraction of sp³-hybridized carbons (Fsp3) is 0.600. The van der Waals surface area contributed by atoms with Crippen LogP contribution in [0.1, 0.15) is 28.9 Å². The van der Waals surface area contributed by atoms with Gasteiger partial charge in [0.1, 0.15) is 0 Å². The Morgan fingerprint density at radius 2 is 2.00 bits per heavy atom. The number of nitrogens with one attached hydrogen (secondary N) is 1. The van der Waals surface area contributed by atoms with Gasteiger partial charge in [-0.05, 0) is 30.8 Å². The first kappa shape index (κ1) is 14.5. The molecule has 0 aromatic carbocycles. The van der Waals surface area contributed by atoms with Crippen LogP contribution in [0.2, 0.25) is 0 Å². The Bertz CT molecular complexity index is 489. The second-order valence-corrected chi connectivity index (χ2v) is 6.60. The van der Waals surface area contributed by atoms with E-state index < -0.39 is 0 Å². The largest absolute Gasteiger partial charge is 0.339 e. The molecule has 114 valence electrons. The Hall–Kier alpha value is -1.40. The summed E-state index contributed by atoms with van der Waals surface area (Å²) < 4.78 is 0. The van der Waals surface area contributed by atoms with Gasteiger partial charge in [0.15, 0.2) is 0 Å². The monoisotopic (exact) mass is 307 g/mol. The summed E-state index contributed by atoms with van der Waals surface area (Å²) in [5.74, 6) is 0.312. The summed E-state index contributed by atoms with van der Waals surface area (Å²) in [7, 11) is 0. The van der Waals surface area contributed by atoms with Crippen LogP contribution in [0, 0.1) is 0 Å². The van der Waals surface area contributed by atoms with Gasteiger partial charge in [-0.3, -0.25) is 9.59 Å². The highest BCUT2D eigenvalue weighted by Crippen LogP contribution is 2.15. The summed E-state index contributed by atoms with van der Waals surface area (Å²) in [4.78, 5) is 29.0. The van der Waals surface area contributed by atoms with Crippen molar-refractivity contribution in [2.75, 3.05) is 32.7 Å². The van der Waals surface area contributed by atoms with Gasteiger partial charge >= 0.3 is 0 Å². The third kappa shape index (κ3) is 3.44. The number of thiophene rings is 1. The van der Waals surface area contributed by atoms with E-state index in [1.54, 1.807) is 0 Å². The van der Waals surface area contributed by atoms with Crippen molar-refractivity contribution in [1.82, 2.24) is 15.1 Å². The van der Waals surface area contributed by atoms with Crippen LogP contribution in [-0.2, 0) is 4.79 Å². The maximum Gasteiger partial charge on any atom is 0.264 e. The number of carbonyl (C=O) groups excluding carboxylic acids is 2. The fourth-order valence-electron chi connectivity index (χ4n) is 2.99. The molecule has 2 amide bonds. The average Bonchev–Trinajstić information content (AvgIpc) is 3.20. The van der Waals surface area contributed by atoms with Crippen LogP contribution in [0.3, 0.4) is 0 Å². The third-order valence-corrected chi connectivity index (χ3v) is 5.09. The molecule has 2 aliphatic heterocycles. The minimum atomic E-state index is 0.0922. The van der Waals surface area contributed by atoms with Crippen LogP contribution in [-0.4, -0.2) is 60.4 Å². The highest BCUT2D eigenvalue weighted by molar-refractivity contribution is 7.12. The fourth-order valence-corrected chi connectivity index (χ4v) is 3.68. The van der Waals surface area contributed by atoms with Crippen LogP contribution in [0.5, 0.6) is 0 Å². The van der Waals surface area contributed by atoms with Crippen molar-refractivity contribution < 1.29 is 9.59 Å². The lowest BCUT2D eigenvalue weighted by Crippen LogP contribution is -2.51. The lowest BCUT2D eigenvalue weighted by Gasteiger charge is -2.35. The molecule has 21 heavy (non-hydrogen) atoms. The zero-order valence-corrected chi connectivity index (χ0v) is 12.9. The van der Waals surface area contributed by atoms with E-state index in [2.05, 4.69) is 5.32 Å². The van der Waals surface area contributed by atoms with Gasteiger partial charge in [0.05, 0.1) is 4.88 Å². The molecular weight excluding hydrogens is 286 g/mol. The van der Waals surface area contributed by atoms with Crippen LogP contribution in [0.4, 0.5) is 0 Å². The summed E-state index contributed by atoms with van der Waals surface area (Å²) in [6.07, 6.45) is 2.86. The second-order valence-electron chi connectivity index (χ2n) is 5.65. The topological polar surface area (TPSA) is 52.7 Å². The number of amides is 2. The van der Waals surface area contributed by atoms with Crippen molar-refractivity contribution in [1.29, 1.82) is 0 Å². The number of hydrogen-bond acceptors (Lipinski definition) is 4.